The molecule has 1 rings (SSSR count). The minimum atomic E-state index is -2.87. The molecular weight excluding hydrogens is 272 g/mol. The van der Waals surface area contributed by atoms with Crippen LogP contribution in [0.1, 0.15) is 24.8 Å². The fourth-order valence-electron chi connectivity index (χ4n) is 1.48. The van der Waals surface area contributed by atoms with Crippen molar-refractivity contribution in [1.82, 2.24) is 5.32 Å². The van der Waals surface area contributed by atoms with Crippen LogP contribution in [0.3, 0.4) is 0 Å². The van der Waals surface area contributed by atoms with E-state index in [0.717, 1.165) is 5.56 Å². The summed E-state index contributed by atoms with van der Waals surface area (Å²) >= 11 is 0. The zero-order chi connectivity index (χ0) is 15.0. The zero-order valence-corrected chi connectivity index (χ0v) is 10.6. The lowest BCUT2D eigenvalue weighted by molar-refractivity contribution is -0.137. The van der Waals surface area contributed by atoms with Crippen LogP contribution in [0, 0.1) is 0 Å². The molecule has 0 saturated heterocycles. The van der Waals surface area contributed by atoms with Crippen LogP contribution in [0.5, 0.6) is 5.75 Å². The molecule has 110 valence electrons. The highest BCUT2D eigenvalue weighted by molar-refractivity contribution is 5.76. The van der Waals surface area contributed by atoms with Crippen LogP contribution in [0.15, 0.2) is 24.3 Å². The summed E-state index contributed by atoms with van der Waals surface area (Å²) in [4.78, 5) is 21.7. The van der Waals surface area contributed by atoms with Gasteiger partial charge in [-0.25, -0.2) is 0 Å². The van der Waals surface area contributed by atoms with Crippen LogP contribution in [0.25, 0.3) is 0 Å². The van der Waals surface area contributed by atoms with Crippen molar-refractivity contribution in [1.29, 1.82) is 0 Å². The van der Waals surface area contributed by atoms with Gasteiger partial charge in [0.25, 0.3) is 0 Å². The lowest BCUT2D eigenvalue weighted by Gasteiger charge is -2.07. The molecule has 0 unspecified atom stereocenters. The Morgan fingerprint density at radius 1 is 1.20 bits per heavy atom. The van der Waals surface area contributed by atoms with Gasteiger partial charge in [-0.15, -0.1) is 0 Å². The van der Waals surface area contributed by atoms with Gasteiger partial charge < -0.3 is 15.2 Å². The van der Waals surface area contributed by atoms with Gasteiger partial charge in [0.2, 0.25) is 5.91 Å². The molecule has 0 fully saturated rings. The van der Waals surface area contributed by atoms with Crippen molar-refractivity contribution >= 4 is 11.9 Å². The first-order valence-electron chi connectivity index (χ1n) is 5.99. The second-order valence-corrected chi connectivity index (χ2v) is 4.05. The van der Waals surface area contributed by atoms with E-state index in [1.807, 2.05) is 0 Å². The number of alkyl halides is 2. The summed E-state index contributed by atoms with van der Waals surface area (Å²) in [6.07, 6.45) is 0.369. The van der Waals surface area contributed by atoms with Gasteiger partial charge in [-0.05, 0) is 24.1 Å². The number of rotatable bonds is 8. The molecule has 0 aromatic heterocycles. The Morgan fingerprint density at radius 2 is 1.85 bits per heavy atom. The average molecular weight is 287 g/mol. The molecule has 20 heavy (non-hydrogen) atoms. The van der Waals surface area contributed by atoms with Crippen LogP contribution in [-0.4, -0.2) is 23.6 Å². The first kappa shape index (κ1) is 15.9. The molecule has 0 aliphatic rings. The Hall–Kier alpha value is -2.18. The lowest BCUT2D eigenvalue weighted by Crippen LogP contribution is -2.22. The molecule has 0 aliphatic heterocycles. The van der Waals surface area contributed by atoms with E-state index in [1.54, 1.807) is 12.1 Å². The van der Waals surface area contributed by atoms with E-state index in [9.17, 15) is 18.4 Å². The molecule has 1 amide bonds. The second-order valence-electron chi connectivity index (χ2n) is 4.05. The molecule has 0 radical (unpaired) electrons. The number of aliphatic carboxylic acids is 1. The number of benzene rings is 1. The molecule has 0 bridgehead atoms. The maximum Gasteiger partial charge on any atom is 0.387 e. The van der Waals surface area contributed by atoms with Crippen molar-refractivity contribution in [2.45, 2.75) is 32.4 Å². The summed E-state index contributed by atoms with van der Waals surface area (Å²) in [5, 5.41) is 11.0. The first-order chi connectivity index (χ1) is 9.47. The SMILES string of the molecule is O=C(O)CCCC(=O)NCc1ccc(OC(F)F)cc1. The van der Waals surface area contributed by atoms with Crippen LogP contribution < -0.4 is 10.1 Å². The van der Waals surface area contributed by atoms with Gasteiger partial charge >= 0.3 is 12.6 Å². The summed E-state index contributed by atoms with van der Waals surface area (Å²) in [5.74, 6) is -1.14. The van der Waals surface area contributed by atoms with Crippen molar-refractivity contribution in [2.75, 3.05) is 0 Å². The number of carbonyl (C=O) groups excluding carboxylic acids is 1. The summed E-state index contributed by atoms with van der Waals surface area (Å²) in [7, 11) is 0. The zero-order valence-electron chi connectivity index (χ0n) is 10.6. The number of carboxylic acid groups (broad SMARTS) is 1. The largest absolute Gasteiger partial charge is 0.481 e. The highest BCUT2D eigenvalue weighted by Crippen LogP contribution is 2.14. The van der Waals surface area contributed by atoms with E-state index >= 15 is 0 Å². The molecule has 7 heteroatoms. The van der Waals surface area contributed by atoms with E-state index in [0.29, 0.717) is 0 Å². The molecule has 0 atom stereocenters. The summed E-state index contributed by atoms with van der Waals surface area (Å²) in [6.45, 7) is -2.62. The predicted molar refractivity (Wildman–Crippen MR) is 66.4 cm³/mol. The summed E-state index contributed by atoms with van der Waals surface area (Å²) in [5.41, 5.74) is 0.734. The fourth-order valence-corrected chi connectivity index (χ4v) is 1.48. The number of ether oxygens (including phenoxy) is 1. The van der Waals surface area contributed by atoms with Gasteiger partial charge in [0, 0.05) is 19.4 Å². The minimum Gasteiger partial charge on any atom is -0.481 e. The molecule has 0 saturated carbocycles. The number of hydrogen-bond donors (Lipinski definition) is 2. The van der Waals surface area contributed by atoms with E-state index < -0.39 is 12.6 Å². The van der Waals surface area contributed by atoms with Crippen molar-refractivity contribution in [3.63, 3.8) is 0 Å². The quantitative estimate of drug-likeness (QED) is 0.768. The standard InChI is InChI=1S/C13H15F2NO4/c14-13(15)20-10-6-4-9(5-7-10)8-16-11(17)2-1-3-12(18)19/h4-7,13H,1-3,8H2,(H,16,17)(H,18,19). The van der Waals surface area contributed by atoms with Crippen LogP contribution in [-0.2, 0) is 16.1 Å². The fraction of sp³-hybridized carbons (Fsp3) is 0.385. The van der Waals surface area contributed by atoms with Gasteiger partial charge in [0.1, 0.15) is 5.75 Å². The Labute approximate surface area is 114 Å². The van der Waals surface area contributed by atoms with Crippen molar-refractivity contribution in [3.8, 4) is 5.75 Å². The molecule has 0 heterocycles. The van der Waals surface area contributed by atoms with E-state index in [4.69, 9.17) is 5.11 Å². The normalized spacial score (nSPS) is 10.3. The highest BCUT2D eigenvalue weighted by atomic mass is 19.3. The van der Waals surface area contributed by atoms with Crippen LogP contribution in [0.2, 0.25) is 0 Å². The molecule has 1 aromatic carbocycles. The number of halogens is 2. The monoisotopic (exact) mass is 287 g/mol. The number of nitrogens with one attached hydrogen (secondary N) is 1. The summed E-state index contributed by atoms with van der Waals surface area (Å²) in [6, 6.07) is 5.90. The maximum absolute atomic E-state index is 11.9. The Balaban J connectivity index is 2.30. The highest BCUT2D eigenvalue weighted by Gasteiger charge is 2.05. The van der Waals surface area contributed by atoms with E-state index in [-0.39, 0.29) is 37.5 Å². The maximum atomic E-state index is 11.9. The molecule has 5 nitrogen and oxygen atoms in total. The topological polar surface area (TPSA) is 75.6 Å². The van der Waals surface area contributed by atoms with E-state index in [1.165, 1.54) is 12.1 Å². The Kier molecular flexibility index (Phi) is 6.42. The number of carboxylic acids is 1. The van der Waals surface area contributed by atoms with Crippen LogP contribution >= 0.6 is 0 Å². The molecule has 2 N–H and O–H groups in total. The van der Waals surface area contributed by atoms with Gasteiger partial charge in [-0.3, -0.25) is 9.59 Å². The molecule has 0 spiro atoms. The van der Waals surface area contributed by atoms with Crippen LogP contribution in [0.4, 0.5) is 8.78 Å². The third-order valence-electron chi connectivity index (χ3n) is 2.43. The predicted octanol–water partition coefficient (Wildman–Crippen LogP) is 2.16. The van der Waals surface area contributed by atoms with Crippen molar-refractivity contribution in [2.24, 2.45) is 0 Å². The Bertz CT molecular complexity index is 448. The first-order valence-corrected chi connectivity index (χ1v) is 5.99. The lowest BCUT2D eigenvalue weighted by atomic mass is 10.2. The van der Waals surface area contributed by atoms with Crippen molar-refractivity contribution in [3.05, 3.63) is 29.8 Å². The Morgan fingerprint density at radius 3 is 2.40 bits per heavy atom. The number of hydrogen-bond acceptors (Lipinski definition) is 3. The smallest absolute Gasteiger partial charge is 0.387 e. The third-order valence-corrected chi connectivity index (χ3v) is 2.43. The second kappa shape index (κ2) is 8.08. The third kappa shape index (κ3) is 6.67. The van der Waals surface area contributed by atoms with Gasteiger partial charge in [0.05, 0.1) is 0 Å². The van der Waals surface area contributed by atoms with Gasteiger partial charge in [0.15, 0.2) is 0 Å². The summed E-state index contributed by atoms with van der Waals surface area (Å²) < 4.78 is 28.1. The molecule has 1 aromatic rings. The number of amides is 1. The minimum absolute atomic E-state index is 0.0485. The molecular formula is C13H15F2NO4. The average Bonchev–Trinajstić information content (AvgIpc) is 2.37. The van der Waals surface area contributed by atoms with Gasteiger partial charge in [-0.1, -0.05) is 12.1 Å². The van der Waals surface area contributed by atoms with Crippen molar-refractivity contribution < 1.29 is 28.2 Å². The van der Waals surface area contributed by atoms with Gasteiger partial charge in [-0.2, -0.15) is 8.78 Å². The number of carbonyl (C=O) groups is 2. The van der Waals surface area contributed by atoms with E-state index in [2.05, 4.69) is 10.1 Å². The molecule has 0 aliphatic carbocycles.